The van der Waals surface area contributed by atoms with Gasteiger partial charge in [0.15, 0.2) is 11.5 Å². The maximum atomic E-state index is 11.3. The van der Waals surface area contributed by atoms with Crippen molar-refractivity contribution in [1.82, 2.24) is 19.9 Å². The molecule has 2 aromatic heterocycles. The van der Waals surface area contributed by atoms with Crippen LogP contribution in [0.5, 0.6) is 0 Å². The first-order valence-electron chi connectivity index (χ1n) is 6.43. The number of rotatable bonds is 7. The van der Waals surface area contributed by atoms with Crippen LogP contribution in [0.1, 0.15) is 6.42 Å². The number of carbonyl (C=O) groups is 1. The number of aromatic amines is 1. The molecule has 0 aliphatic carbocycles. The first-order chi connectivity index (χ1) is 10.2. The highest BCUT2D eigenvalue weighted by atomic mass is 16.5. The summed E-state index contributed by atoms with van der Waals surface area (Å²) < 4.78 is 9.76. The van der Waals surface area contributed by atoms with Crippen LogP contribution in [0.4, 0.5) is 11.8 Å². The van der Waals surface area contributed by atoms with Crippen molar-refractivity contribution in [2.24, 2.45) is 0 Å². The molecule has 0 bridgehead atoms. The number of nitrogens with one attached hydrogen (secondary N) is 1. The fourth-order valence-corrected chi connectivity index (χ4v) is 1.92. The quantitative estimate of drug-likeness (QED) is 0.682. The van der Waals surface area contributed by atoms with Crippen LogP contribution in [0, 0.1) is 0 Å². The van der Waals surface area contributed by atoms with Gasteiger partial charge in [0, 0.05) is 20.2 Å². The summed E-state index contributed by atoms with van der Waals surface area (Å²) in [6.07, 6.45) is 1.76. The van der Waals surface area contributed by atoms with Crippen molar-refractivity contribution in [2.75, 3.05) is 44.5 Å². The molecule has 2 aromatic rings. The Bertz CT molecular complexity index is 614. The monoisotopic (exact) mass is 294 g/mol. The standard InChI is InChI=1S/C12H18N6O3/c1-20-6-5-18(4-3-8(19)21-2)11-9-10(15-7-14-9)16-12(13)17-11/h7H,3-6H2,1-2H3,(H3,13,14,15,16,17). The third kappa shape index (κ3) is 3.57. The third-order valence-corrected chi connectivity index (χ3v) is 2.96. The number of hydrogen-bond acceptors (Lipinski definition) is 8. The number of esters is 1. The molecule has 0 unspecified atom stereocenters. The minimum atomic E-state index is -0.291. The summed E-state index contributed by atoms with van der Waals surface area (Å²) in [4.78, 5) is 28.6. The van der Waals surface area contributed by atoms with E-state index in [1.807, 2.05) is 4.90 Å². The lowest BCUT2D eigenvalue weighted by atomic mass is 10.3. The van der Waals surface area contributed by atoms with Gasteiger partial charge in [-0.05, 0) is 0 Å². The molecule has 2 heterocycles. The van der Waals surface area contributed by atoms with E-state index in [0.29, 0.717) is 36.7 Å². The topological polar surface area (TPSA) is 119 Å². The Labute approximate surface area is 121 Å². The van der Waals surface area contributed by atoms with Crippen LogP contribution >= 0.6 is 0 Å². The van der Waals surface area contributed by atoms with Crippen LogP contribution in [0.3, 0.4) is 0 Å². The van der Waals surface area contributed by atoms with Gasteiger partial charge in [0.2, 0.25) is 5.95 Å². The maximum absolute atomic E-state index is 11.3. The number of anilines is 2. The van der Waals surface area contributed by atoms with Gasteiger partial charge in [-0.25, -0.2) is 4.98 Å². The van der Waals surface area contributed by atoms with Gasteiger partial charge >= 0.3 is 5.97 Å². The van der Waals surface area contributed by atoms with Gasteiger partial charge < -0.3 is 25.1 Å². The SMILES string of the molecule is COCCN(CCC(=O)OC)c1nc(N)nc2nc[nH]c12. The Kier molecular flexibility index (Phi) is 4.88. The highest BCUT2D eigenvalue weighted by Crippen LogP contribution is 2.21. The molecule has 0 radical (unpaired) electrons. The summed E-state index contributed by atoms with van der Waals surface area (Å²) in [5, 5.41) is 0. The van der Waals surface area contributed by atoms with E-state index >= 15 is 0 Å². The van der Waals surface area contributed by atoms with Crippen molar-refractivity contribution in [3.63, 3.8) is 0 Å². The van der Waals surface area contributed by atoms with E-state index in [9.17, 15) is 4.79 Å². The Morgan fingerprint density at radius 3 is 2.90 bits per heavy atom. The molecule has 0 aliphatic rings. The Morgan fingerprint density at radius 2 is 2.19 bits per heavy atom. The molecule has 2 rings (SSSR count). The number of hydrogen-bond donors (Lipinski definition) is 2. The molecule has 21 heavy (non-hydrogen) atoms. The predicted octanol–water partition coefficient (Wildman–Crippen LogP) is -0.0490. The summed E-state index contributed by atoms with van der Waals surface area (Å²) in [6.45, 7) is 1.47. The molecule has 0 aliphatic heterocycles. The molecule has 3 N–H and O–H groups in total. The van der Waals surface area contributed by atoms with Crippen molar-refractivity contribution < 1.29 is 14.3 Å². The average Bonchev–Trinajstić information content (AvgIpc) is 2.94. The van der Waals surface area contributed by atoms with Gasteiger partial charge in [0.1, 0.15) is 5.52 Å². The third-order valence-electron chi connectivity index (χ3n) is 2.96. The number of imidazole rings is 1. The van der Waals surface area contributed by atoms with E-state index < -0.39 is 0 Å². The minimum Gasteiger partial charge on any atom is -0.469 e. The molecular weight excluding hydrogens is 276 g/mol. The summed E-state index contributed by atoms with van der Waals surface area (Å²) in [7, 11) is 2.97. The molecule has 0 saturated carbocycles. The molecule has 9 nitrogen and oxygen atoms in total. The van der Waals surface area contributed by atoms with E-state index in [2.05, 4.69) is 24.7 Å². The summed E-state index contributed by atoms with van der Waals surface area (Å²) in [5.74, 6) is 0.432. The number of nitrogen functional groups attached to an aromatic ring is 1. The van der Waals surface area contributed by atoms with Gasteiger partial charge in [-0.1, -0.05) is 0 Å². The van der Waals surface area contributed by atoms with Crippen molar-refractivity contribution in [2.45, 2.75) is 6.42 Å². The molecule has 0 spiro atoms. The largest absolute Gasteiger partial charge is 0.469 e. The second kappa shape index (κ2) is 6.84. The molecule has 9 heteroatoms. The number of ether oxygens (including phenoxy) is 2. The first-order valence-corrected chi connectivity index (χ1v) is 6.43. The first kappa shape index (κ1) is 15.0. The van der Waals surface area contributed by atoms with E-state index in [4.69, 9.17) is 10.5 Å². The molecule has 114 valence electrons. The maximum Gasteiger partial charge on any atom is 0.307 e. The van der Waals surface area contributed by atoms with E-state index in [1.54, 1.807) is 7.11 Å². The molecule has 0 fully saturated rings. The van der Waals surface area contributed by atoms with Crippen LogP contribution in [0.2, 0.25) is 0 Å². The van der Waals surface area contributed by atoms with Crippen molar-refractivity contribution in [1.29, 1.82) is 0 Å². The Morgan fingerprint density at radius 1 is 1.38 bits per heavy atom. The number of carbonyl (C=O) groups excluding carboxylic acids is 1. The Balaban J connectivity index is 2.28. The number of H-pyrrole nitrogens is 1. The Hall–Kier alpha value is -2.42. The summed E-state index contributed by atoms with van der Waals surface area (Å²) in [5.41, 5.74) is 6.86. The van der Waals surface area contributed by atoms with Crippen molar-refractivity contribution in [3.05, 3.63) is 6.33 Å². The highest BCUT2D eigenvalue weighted by molar-refractivity contribution is 5.84. The van der Waals surface area contributed by atoms with Crippen LogP contribution < -0.4 is 10.6 Å². The molecule has 0 aromatic carbocycles. The van der Waals surface area contributed by atoms with Crippen molar-refractivity contribution >= 4 is 28.9 Å². The van der Waals surface area contributed by atoms with E-state index in [-0.39, 0.29) is 18.3 Å². The molecule has 0 saturated heterocycles. The van der Waals surface area contributed by atoms with Gasteiger partial charge in [-0.15, -0.1) is 0 Å². The second-order valence-corrected chi connectivity index (χ2v) is 4.31. The smallest absolute Gasteiger partial charge is 0.307 e. The lowest BCUT2D eigenvalue weighted by Crippen LogP contribution is -2.31. The second-order valence-electron chi connectivity index (χ2n) is 4.31. The van der Waals surface area contributed by atoms with E-state index in [1.165, 1.54) is 13.4 Å². The zero-order valence-electron chi connectivity index (χ0n) is 12.0. The molecule has 0 amide bonds. The van der Waals surface area contributed by atoms with Gasteiger partial charge in [0.05, 0.1) is 26.5 Å². The highest BCUT2D eigenvalue weighted by Gasteiger charge is 2.16. The zero-order chi connectivity index (χ0) is 15.2. The van der Waals surface area contributed by atoms with Gasteiger partial charge in [-0.2, -0.15) is 9.97 Å². The number of fused-ring (bicyclic) bond motifs is 1. The zero-order valence-corrected chi connectivity index (χ0v) is 12.0. The average molecular weight is 294 g/mol. The number of nitrogens with two attached hydrogens (primary N) is 1. The number of nitrogens with zero attached hydrogens (tertiary/aromatic N) is 4. The lowest BCUT2D eigenvalue weighted by molar-refractivity contribution is -0.140. The predicted molar refractivity (Wildman–Crippen MR) is 76.8 cm³/mol. The fourth-order valence-electron chi connectivity index (χ4n) is 1.92. The van der Waals surface area contributed by atoms with Crippen LogP contribution in [-0.2, 0) is 14.3 Å². The van der Waals surface area contributed by atoms with Crippen LogP contribution in [0.15, 0.2) is 6.33 Å². The lowest BCUT2D eigenvalue weighted by Gasteiger charge is -2.23. The van der Waals surface area contributed by atoms with Crippen LogP contribution in [-0.4, -0.2) is 59.8 Å². The molecule has 0 atom stereocenters. The van der Waals surface area contributed by atoms with Gasteiger partial charge in [-0.3, -0.25) is 4.79 Å². The van der Waals surface area contributed by atoms with E-state index in [0.717, 1.165) is 0 Å². The number of aromatic nitrogens is 4. The minimum absolute atomic E-state index is 0.130. The van der Waals surface area contributed by atoms with Crippen LogP contribution in [0.25, 0.3) is 11.2 Å². The molecular formula is C12H18N6O3. The summed E-state index contributed by atoms with van der Waals surface area (Å²) >= 11 is 0. The van der Waals surface area contributed by atoms with Crippen molar-refractivity contribution in [3.8, 4) is 0 Å². The summed E-state index contributed by atoms with van der Waals surface area (Å²) in [6, 6.07) is 0. The fraction of sp³-hybridized carbons (Fsp3) is 0.500. The normalized spacial score (nSPS) is 10.8. The number of methoxy groups -OCH3 is 2. The van der Waals surface area contributed by atoms with Gasteiger partial charge in [0.25, 0.3) is 0 Å².